The van der Waals surface area contributed by atoms with Gasteiger partial charge in [0.1, 0.15) is 0 Å². The molecule has 3 nitrogen and oxygen atoms in total. The Morgan fingerprint density at radius 3 is 1.74 bits per heavy atom. The maximum absolute atomic E-state index is 8.56. The molecule has 0 unspecified atom stereocenters. The molecule has 0 aromatic heterocycles. The smallest absolute Gasteiger partial charge is 0.450 e. The van der Waals surface area contributed by atoms with Crippen LogP contribution >= 0.6 is 0 Å². The van der Waals surface area contributed by atoms with Gasteiger partial charge in [-0.1, -0.05) is 69.8 Å². The summed E-state index contributed by atoms with van der Waals surface area (Å²) in [5.41, 5.74) is 0. The summed E-state index contributed by atoms with van der Waals surface area (Å²) >= 11 is 0. The predicted molar refractivity (Wildman–Crippen MR) is 95.4 cm³/mol. The first-order valence-electron chi connectivity index (χ1n) is 8.66. The van der Waals surface area contributed by atoms with Crippen LogP contribution in [0.5, 0.6) is 0 Å². The van der Waals surface area contributed by atoms with Gasteiger partial charge < -0.3 is 17.1 Å². The van der Waals surface area contributed by atoms with Gasteiger partial charge in [-0.15, -0.1) is 0 Å². The minimum atomic E-state index is -1.83. The Bertz CT molecular complexity index is 272. The third kappa shape index (κ3) is 39.0. The van der Waals surface area contributed by atoms with Crippen LogP contribution < -0.4 is 29.6 Å². The molecule has 0 aromatic carbocycles. The van der Waals surface area contributed by atoms with Gasteiger partial charge in [-0.3, -0.25) is 0 Å². The van der Waals surface area contributed by atoms with Crippen LogP contribution in [0.25, 0.3) is 0 Å². The van der Waals surface area contributed by atoms with Crippen LogP contribution in [-0.4, -0.2) is 16.4 Å². The average Bonchev–Trinajstić information content (AvgIpc) is 2.47. The van der Waals surface area contributed by atoms with Crippen LogP contribution in [0.1, 0.15) is 84.0 Å². The van der Waals surface area contributed by atoms with E-state index in [1.807, 2.05) is 0 Å². The van der Waals surface area contributed by atoms with Crippen molar-refractivity contribution in [1.82, 2.24) is 0 Å². The molecule has 0 aliphatic rings. The molecule has 0 amide bonds. The molecule has 130 valence electrons. The minimum Gasteiger partial charge on any atom is -0.450 e. The molecule has 0 rings (SSSR count). The van der Waals surface area contributed by atoms with Crippen molar-refractivity contribution in [2.24, 2.45) is 0 Å². The van der Waals surface area contributed by atoms with E-state index in [1.165, 1.54) is 64.2 Å². The monoisotopic (exact) mass is 334 g/mol. The van der Waals surface area contributed by atoms with Crippen LogP contribution in [0.3, 0.4) is 0 Å². The topological polar surface area (TPSA) is 57.5 Å². The van der Waals surface area contributed by atoms with E-state index in [0.717, 1.165) is 12.8 Å². The standard InChI is InChI=1S/C18H33.CH2O3.Na/c1-3-5-7-9-11-13-15-17-18-16-14-12-10-8-6-4-2;2-1(3)4;/h12,14,17-18H,1,3-11,13,15-16H2,2H3;(H2,2,3,4);/q-1;;+1/b14-12-,18-17-;;. The number of rotatable bonds is 13. The summed E-state index contributed by atoms with van der Waals surface area (Å²) in [5, 5.41) is 13.9. The van der Waals surface area contributed by atoms with Gasteiger partial charge in [-0.2, -0.15) is 6.42 Å². The van der Waals surface area contributed by atoms with Crippen molar-refractivity contribution in [3.63, 3.8) is 0 Å². The Labute approximate surface area is 165 Å². The molecule has 0 heterocycles. The van der Waals surface area contributed by atoms with Crippen molar-refractivity contribution < 1.29 is 44.6 Å². The molecule has 4 heteroatoms. The van der Waals surface area contributed by atoms with Crippen molar-refractivity contribution in [2.75, 3.05) is 0 Å². The summed E-state index contributed by atoms with van der Waals surface area (Å²) in [4.78, 5) is 8.56. The van der Waals surface area contributed by atoms with E-state index in [9.17, 15) is 0 Å². The van der Waals surface area contributed by atoms with E-state index in [0.29, 0.717) is 0 Å². The molecular formula is C19H35NaO3. The van der Waals surface area contributed by atoms with Crippen LogP contribution in [0.15, 0.2) is 24.3 Å². The molecule has 0 bridgehead atoms. The second kappa shape index (κ2) is 26.6. The predicted octanol–water partition coefficient (Wildman–Crippen LogP) is 3.86. The summed E-state index contributed by atoms with van der Waals surface area (Å²) in [7, 11) is 0. The zero-order valence-corrected chi connectivity index (χ0v) is 17.3. The zero-order chi connectivity index (χ0) is 16.9. The summed E-state index contributed by atoms with van der Waals surface area (Å²) < 4.78 is 0. The summed E-state index contributed by atoms with van der Waals surface area (Å²) in [6, 6.07) is 0. The second-order valence-corrected chi connectivity index (χ2v) is 5.37. The number of hydrogen-bond acceptors (Lipinski definition) is 1. The quantitative estimate of drug-likeness (QED) is 0.233. The largest absolute Gasteiger partial charge is 1.00 e. The number of carboxylic acid groups (broad SMARTS) is 2. The van der Waals surface area contributed by atoms with Crippen molar-refractivity contribution in [2.45, 2.75) is 84.0 Å². The number of allylic oxidation sites excluding steroid dienone is 4. The van der Waals surface area contributed by atoms with Crippen molar-refractivity contribution in [3.05, 3.63) is 31.2 Å². The van der Waals surface area contributed by atoms with Gasteiger partial charge in [-0.25, -0.2) is 4.79 Å². The Morgan fingerprint density at radius 2 is 1.26 bits per heavy atom. The first kappa shape index (κ1) is 27.6. The fourth-order valence-corrected chi connectivity index (χ4v) is 1.99. The molecule has 0 saturated heterocycles. The van der Waals surface area contributed by atoms with Gasteiger partial charge in [0, 0.05) is 0 Å². The average molecular weight is 334 g/mol. The molecule has 0 aliphatic carbocycles. The number of unbranched alkanes of at least 4 members (excludes halogenated alkanes) is 9. The van der Waals surface area contributed by atoms with Gasteiger partial charge in [0.25, 0.3) is 0 Å². The normalized spacial score (nSPS) is 10.3. The van der Waals surface area contributed by atoms with Gasteiger partial charge >= 0.3 is 35.7 Å². The van der Waals surface area contributed by atoms with E-state index in [2.05, 4.69) is 38.2 Å². The number of hydrogen-bond donors (Lipinski definition) is 2. The van der Waals surface area contributed by atoms with Crippen LogP contribution in [-0.2, 0) is 0 Å². The SMILES string of the molecule is O=C(O)O.[CH2-]CCCCCCC/C=C\C/C=C\CCCCC.[Na+]. The zero-order valence-electron chi connectivity index (χ0n) is 15.3. The van der Waals surface area contributed by atoms with Gasteiger partial charge in [0.2, 0.25) is 0 Å². The molecular weight excluding hydrogens is 299 g/mol. The van der Waals surface area contributed by atoms with Crippen LogP contribution in [0.2, 0.25) is 0 Å². The van der Waals surface area contributed by atoms with Crippen LogP contribution in [0, 0.1) is 6.92 Å². The molecule has 0 atom stereocenters. The molecule has 0 aliphatic heterocycles. The fourth-order valence-electron chi connectivity index (χ4n) is 1.99. The third-order valence-electron chi connectivity index (χ3n) is 3.20. The van der Waals surface area contributed by atoms with Crippen molar-refractivity contribution >= 4 is 6.16 Å². The Morgan fingerprint density at radius 1 is 0.826 bits per heavy atom. The maximum Gasteiger partial charge on any atom is 1.00 e. The maximum atomic E-state index is 8.56. The Balaban J connectivity index is -0.000000712. The first-order chi connectivity index (χ1) is 10.6. The first-order valence-corrected chi connectivity index (χ1v) is 8.66. The molecule has 23 heavy (non-hydrogen) atoms. The van der Waals surface area contributed by atoms with Crippen molar-refractivity contribution in [1.29, 1.82) is 0 Å². The summed E-state index contributed by atoms with van der Waals surface area (Å²) in [5.74, 6) is 0. The summed E-state index contributed by atoms with van der Waals surface area (Å²) in [6.45, 7) is 6.12. The van der Waals surface area contributed by atoms with Gasteiger partial charge in [0.05, 0.1) is 0 Å². The van der Waals surface area contributed by atoms with E-state index >= 15 is 0 Å². The van der Waals surface area contributed by atoms with Gasteiger partial charge in [-0.05, 0) is 32.1 Å². The molecule has 0 spiro atoms. The molecule has 0 aromatic rings. The van der Waals surface area contributed by atoms with Crippen LogP contribution in [0.4, 0.5) is 4.79 Å². The number of carbonyl (C=O) groups is 1. The minimum absolute atomic E-state index is 0. The molecule has 0 fully saturated rings. The Kier molecular flexibility index (Phi) is 32.0. The Hall–Kier alpha value is -0.250. The fraction of sp³-hybridized carbons (Fsp3) is 0.684. The molecule has 0 saturated carbocycles. The van der Waals surface area contributed by atoms with Crippen molar-refractivity contribution in [3.8, 4) is 0 Å². The molecule has 0 radical (unpaired) electrons. The summed E-state index contributed by atoms with van der Waals surface area (Å²) in [6.07, 6.45) is 23.0. The van der Waals surface area contributed by atoms with Gasteiger partial charge in [0.15, 0.2) is 0 Å². The van der Waals surface area contributed by atoms with E-state index in [-0.39, 0.29) is 29.6 Å². The van der Waals surface area contributed by atoms with E-state index < -0.39 is 6.16 Å². The van der Waals surface area contributed by atoms with E-state index in [1.54, 1.807) is 0 Å². The molecule has 2 N–H and O–H groups in total. The van der Waals surface area contributed by atoms with E-state index in [4.69, 9.17) is 15.0 Å². The third-order valence-corrected chi connectivity index (χ3v) is 3.20. The second-order valence-electron chi connectivity index (χ2n) is 5.37.